The molecule has 0 unspecified atom stereocenters. The molecule has 2 heterocycles. The number of imidazole rings is 1. The van der Waals surface area contributed by atoms with E-state index in [1.165, 1.54) is 0 Å². The molecule has 1 aromatic heterocycles. The molecule has 0 aliphatic carbocycles. The first-order valence-corrected chi connectivity index (χ1v) is 5.62. The average molecular weight is 212 g/mol. The van der Waals surface area contributed by atoms with E-state index in [4.69, 9.17) is 4.74 Å². The number of hydrogen-bond donors (Lipinski definition) is 1. The molecule has 1 aliphatic heterocycles. The van der Waals surface area contributed by atoms with Gasteiger partial charge in [0.25, 0.3) is 0 Å². The predicted octanol–water partition coefficient (Wildman–Crippen LogP) is 1.61. The molecule has 1 fully saturated rings. The van der Waals surface area contributed by atoms with Crippen molar-refractivity contribution in [2.24, 2.45) is 5.41 Å². The van der Waals surface area contributed by atoms with Gasteiger partial charge in [-0.15, -0.1) is 0 Å². The van der Waals surface area contributed by atoms with Crippen LogP contribution in [0, 0.1) is 5.41 Å². The van der Waals surface area contributed by atoms with Crippen molar-refractivity contribution in [3.63, 3.8) is 0 Å². The highest BCUT2D eigenvalue weighted by atomic mass is 32.1. The molecule has 3 nitrogen and oxygen atoms in total. The van der Waals surface area contributed by atoms with Gasteiger partial charge in [-0.3, -0.25) is 0 Å². The third-order valence-electron chi connectivity index (χ3n) is 2.97. The van der Waals surface area contributed by atoms with Crippen molar-refractivity contribution in [1.29, 1.82) is 0 Å². The lowest BCUT2D eigenvalue weighted by atomic mass is 9.82. The first-order valence-electron chi connectivity index (χ1n) is 4.99. The zero-order valence-electron chi connectivity index (χ0n) is 8.22. The normalized spacial score (nSPS) is 20.9. The molecular weight excluding hydrogens is 196 g/mol. The molecule has 0 atom stereocenters. The van der Waals surface area contributed by atoms with Gasteiger partial charge < -0.3 is 9.30 Å². The highest BCUT2D eigenvalue weighted by molar-refractivity contribution is 7.80. The van der Waals surface area contributed by atoms with Crippen LogP contribution in [0.2, 0.25) is 0 Å². The molecule has 1 aliphatic rings. The summed E-state index contributed by atoms with van der Waals surface area (Å²) in [4.78, 5) is 4.06. The molecule has 14 heavy (non-hydrogen) atoms. The molecule has 2 rings (SSSR count). The van der Waals surface area contributed by atoms with Gasteiger partial charge in [0.1, 0.15) is 0 Å². The van der Waals surface area contributed by atoms with Gasteiger partial charge in [0.15, 0.2) is 0 Å². The zero-order valence-corrected chi connectivity index (χ0v) is 9.12. The van der Waals surface area contributed by atoms with E-state index in [1.54, 1.807) is 0 Å². The summed E-state index contributed by atoms with van der Waals surface area (Å²) in [5.41, 5.74) is 0.308. The summed E-state index contributed by atoms with van der Waals surface area (Å²) in [5, 5.41) is 0. The van der Waals surface area contributed by atoms with Crippen LogP contribution in [0.15, 0.2) is 18.7 Å². The highest BCUT2D eigenvalue weighted by Crippen LogP contribution is 2.33. The monoisotopic (exact) mass is 212 g/mol. The first kappa shape index (κ1) is 10.1. The molecular formula is C10H16N2OS. The molecule has 0 radical (unpaired) electrons. The Morgan fingerprint density at radius 1 is 1.43 bits per heavy atom. The summed E-state index contributed by atoms with van der Waals surface area (Å²) in [7, 11) is 0. The van der Waals surface area contributed by atoms with E-state index in [0.29, 0.717) is 5.41 Å². The summed E-state index contributed by atoms with van der Waals surface area (Å²) in [6.07, 6.45) is 7.93. The van der Waals surface area contributed by atoms with Crippen molar-refractivity contribution >= 4 is 12.6 Å². The Morgan fingerprint density at radius 3 is 2.79 bits per heavy atom. The van der Waals surface area contributed by atoms with Gasteiger partial charge in [-0.05, 0) is 18.6 Å². The zero-order chi connectivity index (χ0) is 9.86. The Bertz CT molecular complexity index is 268. The number of hydrogen-bond acceptors (Lipinski definition) is 3. The van der Waals surface area contributed by atoms with E-state index < -0.39 is 0 Å². The van der Waals surface area contributed by atoms with Gasteiger partial charge >= 0.3 is 0 Å². The van der Waals surface area contributed by atoms with E-state index in [1.807, 2.05) is 18.7 Å². The first-order chi connectivity index (χ1) is 6.85. The van der Waals surface area contributed by atoms with Crippen LogP contribution < -0.4 is 0 Å². The van der Waals surface area contributed by atoms with Crippen LogP contribution in [0.1, 0.15) is 12.8 Å². The van der Waals surface area contributed by atoms with Crippen molar-refractivity contribution in [3.05, 3.63) is 18.7 Å². The number of rotatable bonds is 3. The molecule has 1 aromatic rings. The Balaban J connectivity index is 2.04. The summed E-state index contributed by atoms with van der Waals surface area (Å²) >= 11 is 4.47. The molecule has 0 N–H and O–H groups in total. The summed E-state index contributed by atoms with van der Waals surface area (Å²) in [6.45, 7) is 2.75. The largest absolute Gasteiger partial charge is 0.381 e. The van der Waals surface area contributed by atoms with E-state index in [9.17, 15) is 0 Å². The van der Waals surface area contributed by atoms with Crippen LogP contribution in [0.5, 0.6) is 0 Å². The van der Waals surface area contributed by atoms with Gasteiger partial charge in [-0.2, -0.15) is 12.6 Å². The second-order valence-electron chi connectivity index (χ2n) is 4.01. The smallest absolute Gasteiger partial charge is 0.0946 e. The second kappa shape index (κ2) is 4.36. The fourth-order valence-electron chi connectivity index (χ4n) is 1.94. The van der Waals surface area contributed by atoms with E-state index in [0.717, 1.165) is 38.4 Å². The lowest BCUT2D eigenvalue weighted by Crippen LogP contribution is -2.35. The van der Waals surface area contributed by atoms with Gasteiger partial charge in [0, 0.05) is 37.6 Å². The van der Waals surface area contributed by atoms with Crippen molar-refractivity contribution in [3.8, 4) is 0 Å². The Labute approximate surface area is 89.9 Å². The topological polar surface area (TPSA) is 27.1 Å². The molecule has 0 aromatic carbocycles. The number of aromatic nitrogens is 2. The fourth-order valence-corrected chi connectivity index (χ4v) is 2.35. The second-order valence-corrected chi connectivity index (χ2v) is 4.32. The Kier molecular flexibility index (Phi) is 3.13. The Hall–Kier alpha value is -0.480. The SMILES string of the molecule is SCC1(Cn2ccnc2)CCOCC1. The third-order valence-corrected chi connectivity index (χ3v) is 3.64. The maximum atomic E-state index is 5.39. The van der Waals surface area contributed by atoms with E-state index >= 15 is 0 Å². The van der Waals surface area contributed by atoms with Crippen molar-refractivity contribution in [1.82, 2.24) is 9.55 Å². The highest BCUT2D eigenvalue weighted by Gasteiger charge is 2.31. The van der Waals surface area contributed by atoms with Crippen LogP contribution >= 0.6 is 12.6 Å². The van der Waals surface area contributed by atoms with Crippen molar-refractivity contribution in [2.75, 3.05) is 19.0 Å². The summed E-state index contributed by atoms with van der Waals surface area (Å²) in [5.74, 6) is 0.925. The van der Waals surface area contributed by atoms with Crippen LogP contribution in [0.4, 0.5) is 0 Å². The lowest BCUT2D eigenvalue weighted by Gasteiger charge is -2.36. The van der Waals surface area contributed by atoms with Crippen LogP contribution in [0.25, 0.3) is 0 Å². The summed E-state index contributed by atoms with van der Waals surface area (Å²) in [6, 6.07) is 0. The maximum Gasteiger partial charge on any atom is 0.0946 e. The van der Waals surface area contributed by atoms with Gasteiger partial charge in [-0.25, -0.2) is 4.98 Å². The van der Waals surface area contributed by atoms with Crippen molar-refractivity contribution < 1.29 is 4.74 Å². The summed E-state index contributed by atoms with van der Waals surface area (Å²) < 4.78 is 7.53. The van der Waals surface area contributed by atoms with Gasteiger partial charge in [0.2, 0.25) is 0 Å². The fraction of sp³-hybridized carbons (Fsp3) is 0.700. The van der Waals surface area contributed by atoms with Crippen LogP contribution in [-0.2, 0) is 11.3 Å². The molecule has 0 saturated carbocycles. The maximum absolute atomic E-state index is 5.39. The molecule has 78 valence electrons. The third kappa shape index (κ3) is 2.12. The molecule has 0 spiro atoms. The van der Waals surface area contributed by atoms with Crippen molar-refractivity contribution in [2.45, 2.75) is 19.4 Å². The van der Waals surface area contributed by atoms with E-state index in [-0.39, 0.29) is 0 Å². The minimum absolute atomic E-state index is 0.308. The number of ether oxygens (including phenoxy) is 1. The Morgan fingerprint density at radius 2 is 2.21 bits per heavy atom. The number of thiol groups is 1. The lowest BCUT2D eigenvalue weighted by molar-refractivity contribution is 0.0182. The van der Waals surface area contributed by atoms with Crippen LogP contribution in [-0.4, -0.2) is 28.5 Å². The minimum atomic E-state index is 0.308. The quantitative estimate of drug-likeness (QED) is 0.771. The molecule has 1 saturated heterocycles. The predicted molar refractivity (Wildman–Crippen MR) is 58.6 cm³/mol. The molecule has 0 amide bonds. The van der Waals surface area contributed by atoms with Gasteiger partial charge in [0.05, 0.1) is 6.33 Å². The minimum Gasteiger partial charge on any atom is -0.381 e. The van der Waals surface area contributed by atoms with Gasteiger partial charge in [-0.1, -0.05) is 0 Å². The molecule has 0 bridgehead atoms. The standard InChI is InChI=1S/C10H16N2OS/c14-8-10(1-5-13-6-2-10)7-12-4-3-11-9-12/h3-4,9,14H,1-2,5-8H2. The average Bonchev–Trinajstić information content (AvgIpc) is 2.72. The van der Waals surface area contributed by atoms with Crippen LogP contribution in [0.3, 0.4) is 0 Å². The number of nitrogens with zero attached hydrogens (tertiary/aromatic N) is 2. The molecule has 4 heteroatoms. The van der Waals surface area contributed by atoms with E-state index in [2.05, 4.69) is 22.2 Å².